The third kappa shape index (κ3) is 4.19. The van der Waals surface area contributed by atoms with Crippen LogP contribution in [0.15, 0.2) is 0 Å². The summed E-state index contributed by atoms with van der Waals surface area (Å²) >= 11 is 0. The van der Waals surface area contributed by atoms with Crippen LogP contribution in [0.1, 0.15) is 45.4 Å². The van der Waals surface area contributed by atoms with Crippen LogP contribution in [0.4, 0.5) is 0 Å². The summed E-state index contributed by atoms with van der Waals surface area (Å²) in [6.45, 7) is 7.11. The highest BCUT2D eigenvalue weighted by molar-refractivity contribution is 4.89. The molecular weight excluding hydrogens is 246 g/mol. The molecule has 3 atom stereocenters. The first-order valence-electron chi connectivity index (χ1n) is 8.72. The van der Waals surface area contributed by atoms with Crippen LogP contribution in [0.25, 0.3) is 0 Å². The van der Waals surface area contributed by atoms with Crippen LogP contribution in [0, 0.1) is 17.8 Å². The van der Waals surface area contributed by atoms with E-state index in [1.807, 2.05) is 0 Å². The molecule has 3 nitrogen and oxygen atoms in total. The molecule has 2 N–H and O–H groups in total. The van der Waals surface area contributed by atoms with E-state index in [2.05, 4.69) is 30.8 Å². The van der Waals surface area contributed by atoms with Crippen molar-refractivity contribution in [1.82, 2.24) is 9.80 Å². The number of nitrogens with two attached hydrogens (primary N) is 1. The smallest absolute Gasteiger partial charge is 0.0138 e. The zero-order valence-corrected chi connectivity index (χ0v) is 13.9. The minimum atomic E-state index is 0.753. The number of piperidine rings is 1. The van der Waals surface area contributed by atoms with Gasteiger partial charge >= 0.3 is 0 Å². The Morgan fingerprint density at radius 1 is 1.05 bits per heavy atom. The van der Waals surface area contributed by atoms with Crippen LogP contribution < -0.4 is 5.73 Å². The molecule has 0 aromatic heterocycles. The van der Waals surface area contributed by atoms with Crippen molar-refractivity contribution in [2.24, 2.45) is 23.5 Å². The lowest BCUT2D eigenvalue weighted by Gasteiger charge is -2.45. The monoisotopic (exact) mass is 281 g/mol. The molecule has 1 saturated heterocycles. The lowest BCUT2D eigenvalue weighted by atomic mass is 9.76. The standard InChI is InChI=1S/C17H35N3/c1-4-14-5-6-16(12-18)17(11-14)20-9-7-15(8-10-20)13-19(2)3/h14-17H,4-13,18H2,1-3H3. The average molecular weight is 281 g/mol. The van der Waals surface area contributed by atoms with Gasteiger partial charge in [-0.2, -0.15) is 0 Å². The molecule has 0 radical (unpaired) electrons. The number of hydrogen-bond acceptors (Lipinski definition) is 3. The number of hydrogen-bond donors (Lipinski definition) is 1. The van der Waals surface area contributed by atoms with Gasteiger partial charge in [0.1, 0.15) is 0 Å². The molecule has 0 aromatic carbocycles. The van der Waals surface area contributed by atoms with Gasteiger partial charge in [-0.25, -0.2) is 0 Å². The molecule has 2 rings (SSSR count). The summed E-state index contributed by atoms with van der Waals surface area (Å²) in [7, 11) is 4.40. The van der Waals surface area contributed by atoms with E-state index in [4.69, 9.17) is 5.73 Å². The van der Waals surface area contributed by atoms with Crippen molar-refractivity contribution in [3.8, 4) is 0 Å². The molecule has 3 unspecified atom stereocenters. The van der Waals surface area contributed by atoms with Crippen LogP contribution >= 0.6 is 0 Å². The molecular formula is C17H35N3. The highest BCUT2D eigenvalue weighted by atomic mass is 15.2. The second kappa shape index (κ2) is 7.77. The van der Waals surface area contributed by atoms with E-state index >= 15 is 0 Å². The summed E-state index contributed by atoms with van der Waals surface area (Å²) in [5.74, 6) is 2.61. The van der Waals surface area contributed by atoms with Gasteiger partial charge in [-0.1, -0.05) is 19.8 Å². The van der Waals surface area contributed by atoms with Crippen molar-refractivity contribution in [2.75, 3.05) is 40.3 Å². The number of nitrogens with zero attached hydrogens (tertiary/aromatic N) is 2. The van der Waals surface area contributed by atoms with Gasteiger partial charge in [0.2, 0.25) is 0 Å². The third-order valence-corrected chi connectivity index (χ3v) is 5.69. The Morgan fingerprint density at radius 2 is 1.75 bits per heavy atom. The largest absolute Gasteiger partial charge is 0.330 e. The maximum atomic E-state index is 6.05. The van der Waals surface area contributed by atoms with E-state index in [0.29, 0.717) is 0 Å². The summed E-state index contributed by atoms with van der Waals surface area (Å²) in [4.78, 5) is 5.13. The second-order valence-electron chi connectivity index (χ2n) is 7.39. The molecule has 20 heavy (non-hydrogen) atoms. The Morgan fingerprint density at radius 3 is 2.30 bits per heavy atom. The molecule has 118 valence electrons. The Kier molecular flexibility index (Phi) is 6.31. The molecule has 1 heterocycles. The van der Waals surface area contributed by atoms with Crippen LogP contribution in [0.5, 0.6) is 0 Å². The first-order valence-corrected chi connectivity index (χ1v) is 8.72. The SMILES string of the molecule is CCC1CCC(CN)C(N2CCC(CN(C)C)CC2)C1. The minimum absolute atomic E-state index is 0.753. The molecule has 2 aliphatic rings. The Hall–Kier alpha value is -0.120. The maximum absolute atomic E-state index is 6.05. The van der Waals surface area contributed by atoms with E-state index in [1.54, 1.807) is 0 Å². The molecule has 1 aliphatic heterocycles. The Balaban J connectivity index is 1.86. The summed E-state index contributed by atoms with van der Waals surface area (Å²) in [6.07, 6.45) is 8.27. The Bertz CT molecular complexity index is 271. The van der Waals surface area contributed by atoms with Crippen molar-refractivity contribution in [3.63, 3.8) is 0 Å². The van der Waals surface area contributed by atoms with Crippen molar-refractivity contribution < 1.29 is 0 Å². The van der Waals surface area contributed by atoms with Crippen LogP contribution in [0.3, 0.4) is 0 Å². The third-order valence-electron chi connectivity index (χ3n) is 5.69. The predicted octanol–water partition coefficient (Wildman–Crippen LogP) is 2.41. The van der Waals surface area contributed by atoms with E-state index in [1.165, 1.54) is 58.2 Å². The van der Waals surface area contributed by atoms with Gasteiger partial charge in [-0.3, -0.25) is 0 Å². The van der Waals surface area contributed by atoms with Crippen molar-refractivity contribution in [3.05, 3.63) is 0 Å². The molecule has 3 heteroatoms. The van der Waals surface area contributed by atoms with Gasteiger partial charge in [-0.15, -0.1) is 0 Å². The van der Waals surface area contributed by atoms with E-state index in [9.17, 15) is 0 Å². The first kappa shape index (κ1) is 16.3. The molecule has 0 spiro atoms. The molecule has 1 aliphatic carbocycles. The van der Waals surface area contributed by atoms with Gasteiger partial charge in [-0.05, 0) is 77.2 Å². The van der Waals surface area contributed by atoms with Crippen molar-refractivity contribution >= 4 is 0 Å². The highest BCUT2D eigenvalue weighted by Gasteiger charge is 2.34. The zero-order valence-electron chi connectivity index (χ0n) is 13.9. The van der Waals surface area contributed by atoms with Gasteiger partial charge in [0.25, 0.3) is 0 Å². The normalized spacial score (nSPS) is 33.8. The van der Waals surface area contributed by atoms with Gasteiger partial charge in [0, 0.05) is 12.6 Å². The topological polar surface area (TPSA) is 32.5 Å². The highest BCUT2D eigenvalue weighted by Crippen LogP contribution is 2.35. The fraction of sp³-hybridized carbons (Fsp3) is 1.00. The summed E-state index contributed by atoms with van der Waals surface area (Å²) in [5.41, 5.74) is 6.05. The fourth-order valence-corrected chi connectivity index (χ4v) is 4.37. The minimum Gasteiger partial charge on any atom is -0.330 e. The van der Waals surface area contributed by atoms with Gasteiger partial charge in [0.05, 0.1) is 0 Å². The first-order chi connectivity index (χ1) is 9.63. The quantitative estimate of drug-likeness (QED) is 0.840. The van der Waals surface area contributed by atoms with Gasteiger partial charge < -0.3 is 15.5 Å². The van der Waals surface area contributed by atoms with Crippen molar-refractivity contribution in [1.29, 1.82) is 0 Å². The van der Waals surface area contributed by atoms with Crippen LogP contribution in [-0.2, 0) is 0 Å². The lowest BCUT2D eigenvalue weighted by Crippen LogP contribution is -2.50. The summed E-state index contributed by atoms with van der Waals surface area (Å²) in [5, 5.41) is 0. The van der Waals surface area contributed by atoms with Crippen LogP contribution in [-0.4, -0.2) is 56.1 Å². The number of likely N-dealkylation sites (tertiary alicyclic amines) is 1. The average Bonchev–Trinajstić information content (AvgIpc) is 2.46. The fourth-order valence-electron chi connectivity index (χ4n) is 4.37. The van der Waals surface area contributed by atoms with Crippen molar-refractivity contribution in [2.45, 2.75) is 51.5 Å². The second-order valence-corrected chi connectivity index (χ2v) is 7.39. The molecule has 0 amide bonds. The number of rotatable bonds is 5. The summed E-state index contributed by atoms with van der Waals surface area (Å²) < 4.78 is 0. The molecule has 0 aromatic rings. The van der Waals surface area contributed by atoms with Crippen LogP contribution in [0.2, 0.25) is 0 Å². The zero-order chi connectivity index (χ0) is 14.5. The molecule has 0 bridgehead atoms. The maximum Gasteiger partial charge on any atom is 0.0138 e. The molecule has 2 fully saturated rings. The van der Waals surface area contributed by atoms with Gasteiger partial charge in [0.15, 0.2) is 0 Å². The molecule has 1 saturated carbocycles. The van der Waals surface area contributed by atoms with E-state index in [-0.39, 0.29) is 0 Å². The lowest BCUT2D eigenvalue weighted by molar-refractivity contribution is 0.0479. The van der Waals surface area contributed by atoms with E-state index in [0.717, 1.165) is 30.3 Å². The summed E-state index contributed by atoms with van der Waals surface area (Å²) in [6, 6.07) is 0.777. The Labute approximate surface area is 125 Å². The van der Waals surface area contributed by atoms with E-state index < -0.39 is 0 Å². The predicted molar refractivity (Wildman–Crippen MR) is 86.8 cm³/mol.